The van der Waals surface area contributed by atoms with E-state index < -0.39 is 0 Å². The first kappa shape index (κ1) is 14.6. The fourth-order valence-corrected chi connectivity index (χ4v) is 2.54. The van der Waals surface area contributed by atoms with Crippen LogP contribution in [-0.2, 0) is 9.59 Å². The van der Waals surface area contributed by atoms with Gasteiger partial charge in [0, 0.05) is 13.0 Å². The zero-order valence-corrected chi connectivity index (χ0v) is 11.9. The summed E-state index contributed by atoms with van der Waals surface area (Å²) < 4.78 is 0. The van der Waals surface area contributed by atoms with Crippen molar-refractivity contribution in [2.75, 3.05) is 6.54 Å². The minimum absolute atomic E-state index is 0.0437. The molecule has 2 amide bonds. The molecular weight excluding hydrogens is 252 g/mol. The van der Waals surface area contributed by atoms with Crippen LogP contribution in [0.1, 0.15) is 44.2 Å². The van der Waals surface area contributed by atoms with Gasteiger partial charge in [-0.15, -0.1) is 0 Å². The van der Waals surface area contributed by atoms with Gasteiger partial charge in [-0.3, -0.25) is 9.59 Å². The van der Waals surface area contributed by atoms with Gasteiger partial charge in [0.2, 0.25) is 11.8 Å². The van der Waals surface area contributed by atoms with Gasteiger partial charge < -0.3 is 10.6 Å². The smallest absolute Gasteiger partial charge is 0.225 e. The molecule has 0 saturated carbocycles. The summed E-state index contributed by atoms with van der Waals surface area (Å²) in [6.45, 7) is 2.57. The molecule has 108 valence electrons. The molecule has 2 rings (SSSR count). The summed E-state index contributed by atoms with van der Waals surface area (Å²) in [4.78, 5) is 23.4. The number of amides is 2. The van der Waals surface area contributed by atoms with Crippen LogP contribution in [0, 0.1) is 5.92 Å². The highest BCUT2D eigenvalue weighted by molar-refractivity contribution is 5.83. The number of benzene rings is 1. The first-order chi connectivity index (χ1) is 9.70. The van der Waals surface area contributed by atoms with Gasteiger partial charge in [-0.25, -0.2) is 0 Å². The van der Waals surface area contributed by atoms with Crippen LogP contribution < -0.4 is 10.6 Å². The normalized spacial score (nSPS) is 20.1. The minimum Gasteiger partial charge on any atom is -0.355 e. The summed E-state index contributed by atoms with van der Waals surface area (Å²) in [5.41, 5.74) is 1.14. The highest BCUT2D eigenvalue weighted by Gasteiger charge is 2.26. The molecule has 4 heteroatoms. The third-order valence-corrected chi connectivity index (χ3v) is 3.73. The van der Waals surface area contributed by atoms with Crippen molar-refractivity contribution in [1.82, 2.24) is 10.6 Å². The van der Waals surface area contributed by atoms with Crippen molar-refractivity contribution in [2.45, 2.75) is 38.6 Å². The Kier molecular flexibility index (Phi) is 5.16. The van der Waals surface area contributed by atoms with E-state index in [1.54, 1.807) is 0 Å². The van der Waals surface area contributed by atoms with Gasteiger partial charge in [-0.1, -0.05) is 43.7 Å². The maximum absolute atomic E-state index is 12.3. The zero-order chi connectivity index (χ0) is 14.4. The van der Waals surface area contributed by atoms with E-state index in [1.165, 1.54) is 0 Å². The molecule has 1 fully saturated rings. The predicted molar refractivity (Wildman–Crippen MR) is 78.0 cm³/mol. The Morgan fingerprint density at radius 3 is 2.75 bits per heavy atom. The maximum Gasteiger partial charge on any atom is 0.225 e. The molecule has 1 saturated heterocycles. The fourth-order valence-electron chi connectivity index (χ4n) is 2.54. The van der Waals surface area contributed by atoms with Crippen LogP contribution in [0.25, 0.3) is 0 Å². The predicted octanol–water partition coefficient (Wildman–Crippen LogP) is 2.17. The number of rotatable bonds is 5. The summed E-state index contributed by atoms with van der Waals surface area (Å²) in [6.07, 6.45) is 3.03. The molecule has 20 heavy (non-hydrogen) atoms. The number of hydrogen-bond donors (Lipinski definition) is 2. The largest absolute Gasteiger partial charge is 0.355 e. The Labute approximate surface area is 119 Å². The number of nitrogens with one attached hydrogen (secondary N) is 2. The van der Waals surface area contributed by atoms with Gasteiger partial charge in [-0.05, 0) is 18.4 Å². The summed E-state index contributed by atoms with van der Waals surface area (Å²) >= 11 is 0. The standard InChI is InChI=1S/C16H22N2O2/c1-2-6-14(12-7-4-3-5-8-12)18-16(20)13-9-10-15(19)17-11-13/h3-5,7-8,13-14H,2,6,9-11H2,1H3,(H,17,19)(H,18,20). The first-order valence-corrected chi connectivity index (χ1v) is 7.32. The van der Waals surface area contributed by atoms with Crippen LogP contribution in [0.4, 0.5) is 0 Å². The van der Waals surface area contributed by atoms with Crippen LogP contribution in [0.2, 0.25) is 0 Å². The Bertz CT molecular complexity index is 449. The molecular formula is C16H22N2O2. The molecule has 2 atom stereocenters. The molecule has 1 aromatic rings. The van der Waals surface area contributed by atoms with Crippen molar-refractivity contribution >= 4 is 11.8 Å². The minimum atomic E-state index is -0.101. The lowest BCUT2D eigenvalue weighted by Crippen LogP contribution is -2.43. The molecule has 0 aromatic heterocycles. The first-order valence-electron chi connectivity index (χ1n) is 7.32. The van der Waals surface area contributed by atoms with Crippen molar-refractivity contribution in [3.05, 3.63) is 35.9 Å². The number of carbonyl (C=O) groups is 2. The lowest BCUT2D eigenvalue weighted by atomic mass is 9.96. The van der Waals surface area contributed by atoms with E-state index in [9.17, 15) is 9.59 Å². The van der Waals surface area contributed by atoms with E-state index in [1.807, 2.05) is 30.3 Å². The Morgan fingerprint density at radius 1 is 1.40 bits per heavy atom. The molecule has 2 unspecified atom stereocenters. The molecule has 1 aliphatic heterocycles. The van der Waals surface area contributed by atoms with Gasteiger partial charge in [0.15, 0.2) is 0 Å². The Balaban J connectivity index is 1.97. The summed E-state index contributed by atoms with van der Waals surface area (Å²) in [5, 5.41) is 5.89. The average molecular weight is 274 g/mol. The summed E-state index contributed by atoms with van der Waals surface area (Å²) in [5.74, 6) is -0.00899. The average Bonchev–Trinajstić information content (AvgIpc) is 2.48. The number of hydrogen-bond acceptors (Lipinski definition) is 2. The highest BCUT2D eigenvalue weighted by atomic mass is 16.2. The third-order valence-electron chi connectivity index (χ3n) is 3.73. The van der Waals surface area contributed by atoms with Crippen LogP contribution in [-0.4, -0.2) is 18.4 Å². The Morgan fingerprint density at radius 2 is 2.15 bits per heavy atom. The number of carbonyl (C=O) groups excluding carboxylic acids is 2. The van der Waals surface area contributed by atoms with Gasteiger partial charge >= 0.3 is 0 Å². The number of piperidine rings is 1. The molecule has 1 aromatic carbocycles. The van der Waals surface area contributed by atoms with Gasteiger partial charge in [-0.2, -0.15) is 0 Å². The molecule has 0 aliphatic carbocycles. The van der Waals surface area contributed by atoms with Crippen molar-refractivity contribution in [1.29, 1.82) is 0 Å². The van der Waals surface area contributed by atoms with E-state index in [-0.39, 0.29) is 23.8 Å². The molecule has 0 spiro atoms. The summed E-state index contributed by atoms with van der Waals surface area (Å²) in [6, 6.07) is 10.1. The fraction of sp³-hybridized carbons (Fsp3) is 0.500. The molecule has 4 nitrogen and oxygen atoms in total. The maximum atomic E-state index is 12.3. The molecule has 1 heterocycles. The SMILES string of the molecule is CCCC(NC(=O)C1CCC(=O)NC1)c1ccccc1. The molecule has 1 aliphatic rings. The second-order valence-corrected chi connectivity index (χ2v) is 5.30. The highest BCUT2D eigenvalue weighted by Crippen LogP contribution is 2.20. The zero-order valence-electron chi connectivity index (χ0n) is 11.9. The van der Waals surface area contributed by atoms with Gasteiger partial charge in [0.1, 0.15) is 0 Å². The van der Waals surface area contributed by atoms with Crippen LogP contribution in [0.5, 0.6) is 0 Å². The lowest BCUT2D eigenvalue weighted by Gasteiger charge is -2.25. The van der Waals surface area contributed by atoms with Gasteiger partial charge in [0.05, 0.1) is 12.0 Å². The molecule has 0 bridgehead atoms. The quantitative estimate of drug-likeness (QED) is 0.864. The van der Waals surface area contributed by atoms with E-state index in [0.29, 0.717) is 19.4 Å². The van der Waals surface area contributed by atoms with Crippen LogP contribution in [0.15, 0.2) is 30.3 Å². The second kappa shape index (κ2) is 7.08. The van der Waals surface area contributed by atoms with Crippen LogP contribution in [0.3, 0.4) is 0 Å². The molecule has 0 radical (unpaired) electrons. The van der Waals surface area contributed by atoms with Crippen LogP contribution >= 0.6 is 0 Å². The van der Waals surface area contributed by atoms with Crippen molar-refractivity contribution in [2.24, 2.45) is 5.92 Å². The molecule has 2 N–H and O–H groups in total. The Hall–Kier alpha value is -1.84. The topological polar surface area (TPSA) is 58.2 Å². The van der Waals surface area contributed by atoms with E-state index in [0.717, 1.165) is 18.4 Å². The van der Waals surface area contributed by atoms with Crippen molar-refractivity contribution in [3.63, 3.8) is 0 Å². The van der Waals surface area contributed by atoms with E-state index >= 15 is 0 Å². The van der Waals surface area contributed by atoms with Crippen molar-refractivity contribution in [3.8, 4) is 0 Å². The van der Waals surface area contributed by atoms with E-state index in [2.05, 4.69) is 17.6 Å². The summed E-state index contributed by atoms with van der Waals surface area (Å²) in [7, 11) is 0. The van der Waals surface area contributed by atoms with Gasteiger partial charge in [0.25, 0.3) is 0 Å². The second-order valence-electron chi connectivity index (χ2n) is 5.30. The third kappa shape index (κ3) is 3.83. The monoisotopic (exact) mass is 274 g/mol. The van der Waals surface area contributed by atoms with Crippen molar-refractivity contribution < 1.29 is 9.59 Å². The lowest BCUT2D eigenvalue weighted by molar-refractivity contribution is -0.129. The van der Waals surface area contributed by atoms with E-state index in [4.69, 9.17) is 0 Å².